The Hall–Kier alpha value is -1.59. The molecule has 0 bridgehead atoms. The normalized spacial score (nSPS) is 18.7. The summed E-state index contributed by atoms with van der Waals surface area (Å²) in [6.45, 7) is 5.76. The number of carbonyl (C=O) groups excluding carboxylic acids is 2. The van der Waals surface area contributed by atoms with E-state index >= 15 is 0 Å². The van der Waals surface area contributed by atoms with E-state index in [4.69, 9.17) is 4.74 Å². The third kappa shape index (κ3) is 4.73. The highest BCUT2D eigenvalue weighted by atomic mass is 35.5. The van der Waals surface area contributed by atoms with E-state index in [-0.39, 0.29) is 30.7 Å². The van der Waals surface area contributed by atoms with Crippen molar-refractivity contribution >= 4 is 24.1 Å². The van der Waals surface area contributed by atoms with Crippen molar-refractivity contribution in [1.29, 1.82) is 0 Å². The van der Waals surface area contributed by atoms with Crippen molar-refractivity contribution in [2.24, 2.45) is 5.41 Å². The third-order valence-electron chi connectivity index (χ3n) is 5.37. The van der Waals surface area contributed by atoms with Gasteiger partial charge in [-0.1, -0.05) is 6.92 Å². The summed E-state index contributed by atoms with van der Waals surface area (Å²) < 4.78 is 5.59. The minimum absolute atomic E-state index is 0. The molecular formula is C19H27ClN2O3. The molecular weight excluding hydrogens is 340 g/mol. The van der Waals surface area contributed by atoms with E-state index in [1.807, 2.05) is 11.8 Å². The van der Waals surface area contributed by atoms with Crippen molar-refractivity contribution in [3.63, 3.8) is 0 Å². The molecule has 1 N–H and O–H groups in total. The minimum Gasteiger partial charge on any atom is -0.484 e. The van der Waals surface area contributed by atoms with E-state index in [1.54, 1.807) is 24.3 Å². The number of hydrogen-bond acceptors (Lipinski definition) is 4. The zero-order chi connectivity index (χ0) is 17.0. The molecule has 2 fully saturated rings. The molecule has 0 atom stereocenters. The fraction of sp³-hybridized carbons (Fsp3) is 0.579. The molecule has 0 radical (unpaired) electrons. The molecule has 3 rings (SSSR count). The van der Waals surface area contributed by atoms with Crippen LogP contribution in [0.2, 0.25) is 0 Å². The molecule has 1 spiro atoms. The van der Waals surface area contributed by atoms with Crippen LogP contribution < -0.4 is 10.1 Å². The first-order chi connectivity index (χ1) is 11.6. The van der Waals surface area contributed by atoms with Gasteiger partial charge in [0.1, 0.15) is 5.75 Å². The van der Waals surface area contributed by atoms with Crippen LogP contribution in [0, 0.1) is 5.41 Å². The van der Waals surface area contributed by atoms with Gasteiger partial charge in [0.2, 0.25) is 0 Å². The van der Waals surface area contributed by atoms with Crippen LogP contribution in [0.5, 0.6) is 5.75 Å². The quantitative estimate of drug-likeness (QED) is 0.814. The number of ether oxygens (including phenoxy) is 1. The van der Waals surface area contributed by atoms with E-state index in [0.29, 0.717) is 23.1 Å². The van der Waals surface area contributed by atoms with Crippen LogP contribution in [0.25, 0.3) is 0 Å². The molecule has 1 aromatic carbocycles. The van der Waals surface area contributed by atoms with Gasteiger partial charge in [-0.15, -0.1) is 12.4 Å². The molecule has 0 unspecified atom stereocenters. The maximum Gasteiger partial charge on any atom is 0.260 e. The van der Waals surface area contributed by atoms with Gasteiger partial charge < -0.3 is 15.0 Å². The first kappa shape index (κ1) is 19.7. The van der Waals surface area contributed by atoms with Crippen LogP contribution in [0.3, 0.4) is 0 Å². The van der Waals surface area contributed by atoms with Gasteiger partial charge in [0, 0.05) is 31.6 Å². The number of rotatable bonds is 5. The van der Waals surface area contributed by atoms with Crippen molar-refractivity contribution < 1.29 is 14.3 Å². The average Bonchev–Trinajstić information content (AvgIpc) is 3.08. The van der Waals surface area contributed by atoms with Gasteiger partial charge in [0.25, 0.3) is 5.91 Å². The van der Waals surface area contributed by atoms with E-state index in [2.05, 4.69) is 5.32 Å². The number of likely N-dealkylation sites (tertiary alicyclic amines) is 1. The summed E-state index contributed by atoms with van der Waals surface area (Å²) in [5.74, 6) is 0.787. The average molecular weight is 367 g/mol. The standard InChI is InChI=1S/C19H26N2O3.ClH/c1-2-17(22)15-3-5-16(6-4-15)24-13-18(23)21-11-8-19(9-12-21)7-10-20-14-19;/h3-6,20H,2,7-14H2,1H3;1H. The maximum absolute atomic E-state index is 12.3. The lowest BCUT2D eigenvalue weighted by Gasteiger charge is -2.38. The van der Waals surface area contributed by atoms with Gasteiger partial charge >= 0.3 is 0 Å². The molecule has 25 heavy (non-hydrogen) atoms. The van der Waals surface area contributed by atoms with Gasteiger partial charge in [-0.2, -0.15) is 0 Å². The second-order valence-corrected chi connectivity index (χ2v) is 6.90. The second kappa shape index (κ2) is 8.68. The van der Waals surface area contributed by atoms with Gasteiger partial charge in [-0.25, -0.2) is 0 Å². The SMILES string of the molecule is CCC(=O)c1ccc(OCC(=O)N2CCC3(CCNC3)CC2)cc1.Cl. The van der Waals surface area contributed by atoms with Crippen molar-refractivity contribution in [3.05, 3.63) is 29.8 Å². The van der Waals surface area contributed by atoms with Crippen molar-refractivity contribution in [3.8, 4) is 5.75 Å². The minimum atomic E-state index is 0. The monoisotopic (exact) mass is 366 g/mol. The van der Waals surface area contributed by atoms with Gasteiger partial charge in [-0.05, 0) is 55.5 Å². The number of halogens is 1. The summed E-state index contributed by atoms with van der Waals surface area (Å²) in [4.78, 5) is 25.8. The topological polar surface area (TPSA) is 58.6 Å². The lowest BCUT2D eigenvalue weighted by atomic mass is 9.78. The highest BCUT2D eigenvalue weighted by Crippen LogP contribution is 2.36. The van der Waals surface area contributed by atoms with Gasteiger partial charge in [0.15, 0.2) is 12.4 Å². The lowest BCUT2D eigenvalue weighted by molar-refractivity contribution is -0.135. The first-order valence-electron chi connectivity index (χ1n) is 8.86. The van der Waals surface area contributed by atoms with Crippen LogP contribution in [-0.2, 0) is 4.79 Å². The van der Waals surface area contributed by atoms with E-state index in [1.165, 1.54) is 6.42 Å². The summed E-state index contributed by atoms with van der Waals surface area (Å²) in [6, 6.07) is 7.02. The Balaban J connectivity index is 0.00000225. The lowest BCUT2D eigenvalue weighted by Crippen LogP contribution is -2.45. The molecule has 2 heterocycles. The molecule has 6 heteroatoms. The molecule has 1 aromatic rings. The first-order valence-corrected chi connectivity index (χ1v) is 8.86. The van der Waals surface area contributed by atoms with E-state index in [9.17, 15) is 9.59 Å². The smallest absolute Gasteiger partial charge is 0.260 e. The van der Waals surface area contributed by atoms with Crippen LogP contribution in [-0.4, -0.2) is 49.4 Å². The predicted molar refractivity (Wildman–Crippen MR) is 99.5 cm³/mol. The highest BCUT2D eigenvalue weighted by Gasteiger charge is 2.37. The van der Waals surface area contributed by atoms with Crippen LogP contribution in [0.15, 0.2) is 24.3 Å². The third-order valence-corrected chi connectivity index (χ3v) is 5.37. The van der Waals surface area contributed by atoms with E-state index in [0.717, 1.165) is 39.0 Å². The second-order valence-electron chi connectivity index (χ2n) is 6.90. The molecule has 0 saturated carbocycles. The summed E-state index contributed by atoms with van der Waals surface area (Å²) in [7, 11) is 0. The van der Waals surface area contributed by atoms with Gasteiger partial charge in [-0.3, -0.25) is 9.59 Å². The summed E-state index contributed by atoms with van der Waals surface area (Å²) in [5.41, 5.74) is 1.10. The zero-order valence-electron chi connectivity index (χ0n) is 14.8. The maximum atomic E-state index is 12.3. The number of ketones is 1. The Morgan fingerprint density at radius 2 is 1.84 bits per heavy atom. The van der Waals surface area contributed by atoms with Crippen LogP contribution in [0.4, 0.5) is 0 Å². The van der Waals surface area contributed by atoms with Crippen LogP contribution in [0.1, 0.15) is 43.0 Å². The number of nitrogens with one attached hydrogen (secondary N) is 1. The Kier molecular flexibility index (Phi) is 6.85. The fourth-order valence-electron chi connectivity index (χ4n) is 3.63. The largest absolute Gasteiger partial charge is 0.484 e. The molecule has 2 aliphatic rings. The van der Waals surface area contributed by atoms with E-state index < -0.39 is 0 Å². The Labute approximate surface area is 155 Å². The molecule has 5 nitrogen and oxygen atoms in total. The van der Waals surface area contributed by atoms with Crippen molar-refractivity contribution in [1.82, 2.24) is 10.2 Å². The highest BCUT2D eigenvalue weighted by molar-refractivity contribution is 5.95. The number of hydrogen-bond donors (Lipinski definition) is 1. The van der Waals surface area contributed by atoms with Crippen molar-refractivity contribution in [2.75, 3.05) is 32.8 Å². The number of benzene rings is 1. The number of Topliss-reactive ketones (excluding diaryl/α,β-unsaturated/α-hetero) is 1. The molecule has 1 amide bonds. The molecule has 138 valence electrons. The molecule has 0 aliphatic carbocycles. The van der Waals surface area contributed by atoms with Crippen molar-refractivity contribution in [2.45, 2.75) is 32.6 Å². The number of carbonyl (C=O) groups is 2. The summed E-state index contributed by atoms with van der Waals surface area (Å²) in [5, 5.41) is 3.44. The zero-order valence-corrected chi connectivity index (χ0v) is 15.6. The molecule has 2 aliphatic heterocycles. The number of nitrogens with zero attached hydrogens (tertiary/aromatic N) is 1. The Morgan fingerprint density at radius 1 is 1.16 bits per heavy atom. The number of amides is 1. The summed E-state index contributed by atoms with van der Waals surface area (Å²) >= 11 is 0. The number of piperidine rings is 1. The summed E-state index contributed by atoms with van der Waals surface area (Å²) in [6.07, 6.45) is 3.89. The Bertz CT molecular complexity index is 587. The Morgan fingerprint density at radius 3 is 2.40 bits per heavy atom. The predicted octanol–water partition coefficient (Wildman–Crippen LogP) is 2.68. The molecule has 0 aromatic heterocycles. The molecule has 2 saturated heterocycles. The van der Waals surface area contributed by atoms with Gasteiger partial charge in [0.05, 0.1) is 0 Å². The fourth-order valence-corrected chi connectivity index (χ4v) is 3.63. The van der Waals surface area contributed by atoms with Crippen LogP contribution >= 0.6 is 12.4 Å².